The lowest BCUT2D eigenvalue weighted by molar-refractivity contribution is 0.405. The van der Waals surface area contributed by atoms with Crippen LogP contribution in [0.4, 0.5) is 0 Å². The van der Waals surface area contributed by atoms with E-state index in [-0.39, 0.29) is 10.6 Å². The van der Waals surface area contributed by atoms with E-state index in [2.05, 4.69) is 15.0 Å². The van der Waals surface area contributed by atoms with E-state index in [4.69, 9.17) is 37.6 Å². The molecule has 0 unspecified atom stereocenters. The second-order valence-electron chi connectivity index (χ2n) is 1.31. The molecule has 1 aromatic heterocycles. The van der Waals surface area contributed by atoms with Crippen LogP contribution in [-0.4, -0.2) is 24.7 Å². The van der Waals surface area contributed by atoms with Gasteiger partial charge in [0.1, 0.15) is 6.33 Å². The van der Waals surface area contributed by atoms with Crippen LogP contribution in [0.2, 0.25) is 10.6 Å². The number of hydrogen-bond acceptors (Lipinski definition) is 4. The Balaban J connectivity index is 0.000000261. The van der Waals surface area contributed by atoms with Crippen LogP contribution < -0.4 is 0 Å². The van der Waals surface area contributed by atoms with Gasteiger partial charge in [0.15, 0.2) is 0 Å². The van der Waals surface area contributed by atoms with E-state index in [0.717, 1.165) is 0 Å². The van der Waals surface area contributed by atoms with Crippen molar-refractivity contribution in [2.75, 3.05) is 0 Å². The monoisotopic (exact) mass is 231 g/mol. The Labute approximate surface area is 78.2 Å². The quantitative estimate of drug-likeness (QED) is 0.633. The minimum absolute atomic E-state index is 0.116. The predicted molar refractivity (Wildman–Crippen MR) is 43.3 cm³/mol. The molecule has 0 atom stereocenters. The lowest BCUT2D eigenvalue weighted by atomic mass is 11.1. The molecule has 0 bridgehead atoms. The third-order valence-corrected chi connectivity index (χ3v) is 0.877. The summed E-state index contributed by atoms with van der Waals surface area (Å²) in [7, 11) is -3.13. The zero-order chi connectivity index (χ0) is 9.56. The van der Waals surface area contributed by atoms with E-state index in [1.54, 1.807) is 0 Å². The first-order valence-corrected chi connectivity index (χ1v) is 4.50. The van der Waals surface area contributed by atoms with Gasteiger partial charge in [0.25, 0.3) is 0 Å². The number of rotatable bonds is 0. The molecular weight excluding hydrogens is 228 g/mol. The van der Waals surface area contributed by atoms with Crippen LogP contribution in [0, 0.1) is 0 Å². The normalized spacial score (nSPS) is 9.08. The molecule has 0 saturated carbocycles. The molecule has 1 heterocycles. The average Bonchev–Trinajstić information content (AvgIpc) is 1.84. The molecule has 6 nitrogen and oxygen atoms in total. The van der Waals surface area contributed by atoms with E-state index in [0.29, 0.717) is 0 Å². The van der Waals surface area contributed by atoms with Crippen LogP contribution in [0.5, 0.6) is 0 Å². The minimum Gasteiger partial charge on any atom is -0.326 e. The Morgan fingerprint density at radius 1 is 1.25 bits per heavy atom. The molecule has 68 valence electrons. The van der Waals surface area contributed by atoms with Crippen molar-refractivity contribution in [3.63, 3.8) is 0 Å². The van der Waals surface area contributed by atoms with Gasteiger partial charge in [-0.25, -0.2) is 9.97 Å². The second kappa shape index (κ2) is 6.28. The summed E-state index contributed by atoms with van der Waals surface area (Å²) in [5.74, 6) is 0. The van der Waals surface area contributed by atoms with Crippen molar-refractivity contribution in [2.24, 2.45) is 0 Å². The smallest absolute Gasteiger partial charge is 0.314 e. The highest BCUT2D eigenvalue weighted by Crippen LogP contribution is 2.00. The molecule has 0 aliphatic heterocycles. The zero-order valence-electron chi connectivity index (χ0n) is 5.48. The van der Waals surface area contributed by atoms with E-state index in [9.17, 15) is 0 Å². The van der Waals surface area contributed by atoms with Crippen molar-refractivity contribution in [3.8, 4) is 0 Å². The van der Waals surface area contributed by atoms with Gasteiger partial charge in [-0.1, -0.05) is 0 Å². The Morgan fingerprint density at radius 2 is 1.58 bits per heavy atom. The molecule has 0 aliphatic carbocycles. The molecule has 9 heteroatoms. The third-order valence-electron chi connectivity index (χ3n) is 0.513. The van der Waals surface area contributed by atoms with Crippen molar-refractivity contribution < 1.29 is 14.4 Å². The third kappa shape index (κ3) is 7.84. The SMILES string of the molecule is Clc1ncnc(Cl)n1.O=[PH](O)O. The van der Waals surface area contributed by atoms with Gasteiger partial charge in [-0.3, -0.25) is 4.57 Å². The van der Waals surface area contributed by atoms with Crippen molar-refractivity contribution in [1.29, 1.82) is 0 Å². The van der Waals surface area contributed by atoms with Crippen LogP contribution in [0.3, 0.4) is 0 Å². The Hall–Kier alpha value is -0.260. The largest absolute Gasteiger partial charge is 0.326 e. The Bertz CT molecular complexity index is 251. The first kappa shape index (κ1) is 11.7. The van der Waals surface area contributed by atoms with Crippen LogP contribution in [0.1, 0.15) is 0 Å². The van der Waals surface area contributed by atoms with Gasteiger partial charge in [0.2, 0.25) is 10.6 Å². The van der Waals surface area contributed by atoms with Gasteiger partial charge < -0.3 is 9.79 Å². The lowest BCUT2D eigenvalue weighted by Crippen LogP contribution is -1.83. The number of hydrogen-bond donors (Lipinski definition) is 2. The van der Waals surface area contributed by atoms with Gasteiger partial charge >= 0.3 is 8.25 Å². The fourth-order valence-corrected chi connectivity index (χ4v) is 0.549. The number of halogens is 2. The molecule has 0 saturated heterocycles. The van der Waals surface area contributed by atoms with Crippen LogP contribution >= 0.6 is 31.5 Å². The molecule has 0 amide bonds. The highest BCUT2D eigenvalue weighted by atomic mass is 35.5. The maximum atomic E-state index is 8.74. The summed E-state index contributed by atoms with van der Waals surface area (Å²) in [5.41, 5.74) is 0. The fraction of sp³-hybridized carbons (Fsp3) is 0. The first-order valence-electron chi connectivity index (χ1n) is 2.44. The van der Waals surface area contributed by atoms with Gasteiger partial charge in [-0.2, -0.15) is 4.98 Å². The van der Waals surface area contributed by atoms with Crippen molar-refractivity contribution >= 4 is 31.5 Å². The molecule has 0 aliphatic rings. The molecule has 12 heavy (non-hydrogen) atoms. The summed E-state index contributed by atoms with van der Waals surface area (Å²) in [6.45, 7) is 0. The summed E-state index contributed by atoms with van der Waals surface area (Å²) >= 11 is 10.6. The summed E-state index contributed by atoms with van der Waals surface area (Å²) in [6.07, 6.45) is 1.25. The summed E-state index contributed by atoms with van der Waals surface area (Å²) in [4.78, 5) is 24.8. The van der Waals surface area contributed by atoms with Crippen molar-refractivity contribution in [2.45, 2.75) is 0 Å². The maximum absolute atomic E-state index is 8.74. The van der Waals surface area contributed by atoms with Crippen LogP contribution in [0.15, 0.2) is 6.33 Å². The first-order chi connectivity index (χ1) is 5.52. The van der Waals surface area contributed by atoms with E-state index in [1.165, 1.54) is 6.33 Å². The molecule has 0 fully saturated rings. The molecule has 1 aromatic rings. The van der Waals surface area contributed by atoms with Crippen LogP contribution in [-0.2, 0) is 4.57 Å². The van der Waals surface area contributed by atoms with Gasteiger partial charge in [0.05, 0.1) is 0 Å². The molecule has 2 N–H and O–H groups in total. The molecule has 0 aromatic carbocycles. The fourth-order valence-electron chi connectivity index (χ4n) is 0.258. The zero-order valence-corrected chi connectivity index (χ0v) is 7.99. The van der Waals surface area contributed by atoms with E-state index >= 15 is 0 Å². The average molecular weight is 232 g/mol. The highest BCUT2D eigenvalue weighted by molar-refractivity contribution is 7.30. The summed E-state index contributed by atoms with van der Waals surface area (Å²) in [5, 5.41) is 0.231. The highest BCUT2D eigenvalue weighted by Gasteiger charge is 1.89. The molecule has 0 spiro atoms. The molecule has 1 rings (SSSR count). The van der Waals surface area contributed by atoms with Crippen molar-refractivity contribution in [3.05, 3.63) is 16.9 Å². The van der Waals surface area contributed by atoms with Crippen LogP contribution in [0.25, 0.3) is 0 Å². The maximum Gasteiger partial charge on any atom is 0.314 e. The summed E-state index contributed by atoms with van der Waals surface area (Å²) in [6, 6.07) is 0. The Kier molecular flexibility index (Phi) is 6.14. The minimum atomic E-state index is -3.13. The van der Waals surface area contributed by atoms with Crippen molar-refractivity contribution in [1.82, 2.24) is 15.0 Å². The van der Waals surface area contributed by atoms with Gasteiger partial charge in [-0.05, 0) is 23.2 Å². The predicted octanol–water partition coefficient (Wildman–Crippen LogP) is 0.539. The molecular formula is C3H4Cl2N3O3P. The topological polar surface area (TPSA) is 96.2 Å². The van der Waals surface area contributed by atoms with E-state index < -0.39 is 8.25 Å². The van der Waals surface area contributed by atoms with E-state index in [1.807, 2.05) is 0 Å². The number of aromatic nitrogens is 3. The summed E-state index contributed by atoms with van der Waals surface area (Å²) < 4.78 is 8.74. The standard InChI is InChI=1S/C3HCl2N3.H3O3P/c4-2-6-1-7-3(5)8-2;1-4(2)3/h1H;4H,(H2,1,2,3). The number of nitrogens with zero attached hydrogens (tertiary/aromatic N) is 3. The van der Waals surface area contributed by atoms with Gasteiger partial charge in [-0.15, -0.1) is 0 Å². The second-order valence-corrected chi connectivity index (χ2v) is 2.55. The molecule has 0 radical (unpaired) electrons. The van der Waals surface area contributed by atoms with Gasteiger partial charge in [0, 0.05) is 0 Å². The Morgan fingerprint density at radius 3 is 1.75 bits per heavy atom. The lowest BCUT2D eigenvalue weighted by Gasteiger charge is -1.84.